The first kappa shape index (κ1) is 13.9. The summed E-state index contributed by atoms with van der Waals surface area (Å²) >= 11 is 6.49. The van der Waals surface area contributed by atoms with Crippen molar-refractivity contribution in [2.45, 2.75) is 26.7 Å². The third-order valence-electron chi connectivity index (χ3n) is 1.86. The summed E-state index contributed by atoms with van der Waals surface area (Å²) in [7, 11) is 0. The van der Waals surface area contributed by atoms with Crippen LogP contribution in [0.5, 0.6) is 0 Å². The normalized spacial score (nSPS) is 9.76. The summed E-state index contributed by atoms with van der Waals surface area (Å²) in [6.07, 6.45) is 1.24. The molecule has 0 aliphatic rings. The zero-order valence-corrected chi connectivity index (χ0v) is 11.5. The summed E-state index contributed by atoms with van der Waals surface area (Å²) in [5.74, 6) is -0.157. The molecule has 1 amide bonds. The molecule has 1 heterocycles. The fourth-order valence-corrected chi connectivity index (χ4v) is 1.87. The van der Waals surface area contributed by atoms with E-state index in [1.54, 1.807) is 0 Å². The van der Waals surface area contributed by atoms with Crippen LogP contribution < -0.4 is 16.2 Å². The molecule has 3 N–H and O–H groups in total. The number of hydrogen-bond donors (Lipinski definition) is 3. The monoisotopic (exact) mass is 272 g/mol. The van der Waals surface area contributed by atoms with Gasteiger partial charge in [0, 0.05) is 11.9 Å². The standard InChI is InChI=1S/C10H16N4OS2/c1-3-4-11-10(16)14-13-9(15)5-8-6-17-7(2)12-8/h6H,3-5H2,1-2H3,(H,13,15)(H2,11,14,16). The van der Waals surface area contributed by atoms with E-state index in [0.717, 1.165) is 23.7 Å². The number of amides is 1. The zero-order valence-electron chi connectivity index (χ0n) is 9.87. The van der Waals surface area contributed by atoms with Crippen molar-refractivity contribution in [3.63, 3.8) is 0 Å². The van der Waals surface area contributed by atoms with Crippen molar-refractivity contribution >= 4 is 34.6 Å². The summed E-state index contributed by atoms with van der Waals surface area (Å²) in [5, 5.41) is 6.21. The highest BCUT2D eigenvalue weighted by atomic mass is 32.1. The molecule has 0 aliphatic carbocycles. The van der Waals surface area contributed by atoms with Gasteiger partial charge in [-0.1, -0.05) is 6.92 Å². The molecule has 0 unspecified atom stereocenters. The van der Waals surface area contributed by atoms with E-state index < -0.39 is 0 Å². The molecule has 0 atom stereocenters. The molecule has 1 rings (SSSR count). The second kappa shape index (κ2) is 7.18. The largest absolute Gasteiger partial charge is 0.361 e. The average molecular weight is 272 g/mol. The van der Waals surface area contributed by atoms with Crippen LogP contribution in [0.25, 0.3) is 0 Å². The van der Waals surface area contributed by atoms with Crippen LogP contribution >= 0.6 is 23.6 Å². The van der Waals surface area contributed by atoms with E-state index in [9.17, 15) is 4.79 Å². The van der Waals surface area contributed by atoms with Gasteiger partial charge in [-0.2, -0.15) is 0 Å². The minimum absolute atomic E-state index is 0.157. The number of hydrogen-bond acceptors (Lipinski definition) is 4. The van der Waals surface area contributed by atoms with E-state index in [-0.39, 0.29) is 12.3 Å². The summed E-state index contributed by atoms with van der Waals surface area (Å²) in [6, 6.07) is 0. The van der Waals surface area contributed by atoms with Crippen LogP contribution in [0.2, 0.25) is 0 Å². The smallest absolute Gasteiger partial charge is 0.244 e. The molecule has 0 saturated carbocycles. The molecule has 17 heavy (non-hydrogen) atoms. The SMILES string of the molecule is CCCNC(=S)NNC(=O)Cc1csc(C)n1. The Labute approximate surface area is 110 Å². The first-order chi connectivity index (χ1) is 8.11. The number of hydrazine groups is 1. The lowest BCUT2D eigenvalue weighted by atomic mass is 10.3. The number of aromatic nitrogens is 1. The predicted molar refractivity (Wildman–Crippen MR) is 72.7 cm³/mol. The van der Waals surface area contributed by atoms with Gasteiger partial charge in [-0.15, -0.1) is 11.3 Å². The van der Waals surface area contributed by atoms with Crippen molar-refractivity contribution in [3.05, 3.63) is 16.1 Å². The maximum absolute atomic E-state index is 11.5. The number of nitrogens with one attached hydrogen (secondary N) is 3. The minimum Gasteiger partial charge on any atom is -0.361 e. The van der Waals surface area contributed by atoms with Crippen LogP contribution in [0.1, 0.15) is 24.0 Å². The number of rotatable bonds is 4. The Morgan fingerprint density at radius 3 is 2.88 bits per heavy atom. The van der Waals surface area contributed by atoms with E-state index in [0.29, 0.717) is 5.11 Å². The Hall–Kier alpha value is -1.21. The first-order valence-corrected chi connectivity index (χ1v) is 6.64. The van der Waals surface area contributed by atoms with E-state index >= 15 is 0 Å². The number of thiazole rings is 1. The quantitative estimate of drug-likeness (QED) is 0.561. The first-order valence-electron chi connectivity index (χ1n) is 5.35. The molecule has 7 heteroatoms. The molecular formula is C10H16N4OS2. The molecule has 0 bridgehead atoms. The second-order valence-corrected chi connectivity index (χ2v) is 4.93. The van der Waals surface area contributed by atoms with Crippen molar-refractivity contribution in [1.82, 2.24) is 21.2 Å². The molecule has 0 aromatic carbocycles. The summed E-state index contributed by atoms with van der Waals surface area (Å²) in [6.45, 7) is 4.74. The highest BCUT2D eigenvalue weighted by molar-refractivity contribution is 7.80. The van der Waals surface area contributed by atoms with Crippen molar-refractivity contribution in [1.29, 1.82) is 0 Å². The molecule has 0 saturated heterocycles. The lowest BCUT2D eigenvalue weighted by Gasteiger charge is -2.10. The van der Waals surface area contributed by atoms with Gasteiger partial charge in [0.15, 0.2) is 5.11 Å². The topological polar surface area (TPSA) is 66.0 Å². The van der Waals surface area contributed by atoms with Gasteiger partial charge in [0.1, 0.15) is 0 Å². The average Bonchev–Trinajstić information content (AvgIpc) is 2.69. The number of aryl methyl sites for hydroxylation is 1. The Morgan fingerprint density at radius 2 is 2.29 bits per heavy atom. The van der Waals surface area contributed by atoms with Gasteiger partial charge in [-0.25, -0.2) is 4.98 Å². The van der Waals surface area contributed by atoms with Crippen LogP contribution in [0.3, 0.4) is 0 Å². The minimum atomic E-state index is -0.157. The number of carbonyl (C=O) groups excluding carboxylic acids is 1. The lowest BCUT2D eigenvalue weighted by molar-refractivity contribution is -0.121. The maximum atomic E-state index is 11.5. The fraction of sp³-hybridized carbons (Fsp3) is 0.500. The van der Waals surface area contributed by atoms with E-state index in [1.807, 2.05) is 19.2 Å². The lowest BCUT2D eigenvalue weighted by Crippen LogP contribution is -2.47. The Balaban J connectivity index is 2.23. The van der Waals surface area contributed by atoms with Crippen LogP contribution in [-0.2, 0) is 11.2 Å². The van der Waals surface area contributed by atoms with Crippen molar-refractivity contribution in [3.8, 4) is 0 Å². The van der Waals surface area contributed by atoms with Crippen LogP contribution in [0, 0.1) is 6.92 Å². The zero-order chi connectivity index (χ0) is 12.7. The predicted octanol–water partition coefficient (Wildman–Crippen LogP) is 0.899. The number of nitrogens with zero attached hydrogens (tertiary/aromatic N) is 1. The van der Waals surface area contributed by atoms with E-state index in [1.165, 1.54) is 11.3 Å². The Bertz CT molecular complexity index is 391. The van der Waals surface area contributed by atoms with E-state index in [2.05, 4.69) is 21.2 Å². The molecule has 0 aliphatic heterocycles. The van der Waals surface area contributed by atoms with Gasteiger partial charge in [0.25, 0.3) is 0 Å². The van der Waals surface area contributed by atoms with Crippen molar-refractivity contribution < 1.29 is 4.79 Å². The van der Waals surface area contributed by atoms with Gasteiger partial charge >= 0.3 is 0 Å². The van der Waals surface area contributed by atoms with Gasteiger partial charge in [-0.05, 0) is 25.6 Å². The third kappa shape index (κ3) is 5.60. The summed E-state index contributed by atoms with van der Waals surface area (Å²) in [4.78, 5) is 15.7. The van der Waals surface area contributed by atoms with Gasteiger partial charge < -0.3 is 5.32 Å². The molecule has 0 spiro atoms. The second-order valence-electron chi connectivity index (χ2n) is 3.46. The molecule has 94 valence electrons. The van der Waals surface area contributed by atoms with Crippen LogP contribution in [-0.4, -0.2) is 22.5 Å². The number of carbonyl (C=O) groups is 1. The molecule has 0 radical (unpaired) electrons. The van der Waals surface area contributed by atoms with Crippen molar-refractivity contribution in [2.75, 3.05) is 6.54 Å². The van der Waals surface area contributed by atoms with Gasteiger partial charge in [-0.3, -0.25) is 15.6 Å². The highest BCUT2D eigenvalue weighted by Crippen LogP contribution is 2.07. The Kier molecular flexibility index (Phi) is 5.85. The molecule has 1 aromatic heterocycles. The van der Waals surface area contributed by atoms with Crippen LogP contribution in [0.4, 0.5) is 0 Å². The van der Waals surface area contributed by atoms with Crippen molar-refractivity contribution in [2.24, 2.45) is 0 Å². The maximum Gasteiger partial charge on any atom is 0.244 e. The molecular weight excluding hydrogens is 256 g/mol. The molecule has 1 aromatic rings. The Morgan fingerprint density at radius 1 is 1.53 bits per heavy atom. The highest BCUT2D eigenvalue weighted by Gasteiger charge is 2.06. The fourth-order valence-electron chi connectivity index (χ4n) is 1.11. The number of thiocarbonyl (C=S) groups is 1. The van der Waals surface area contributed by atoms with E-state index in [4.69, 9.17) is 12.2 Å². The van der Waals surface area contributed by atoms with Crippen LogP contribution in [0.15, 0.2) is 5.38 Å². The third-order valence-corrected chi connectivity index (χ3v) is 2.93. The summed E-state index contributed by atoms with van der Waals surface area (Å²) in [5.41, 5.74) is 5.94. The molecule has 5 nitrogen and oxygen atoms in total. The van der Waals surface area contributed by atoms with Gasteiger partial charge in [0.05, 0.1) is 17.1 Å². The van der Waals surface area contributed by atoms with Gasteiger partial charge in [0.2, 0.25) is 5.91 Å². The summed E-state index contributed by atoms with van der Waals surface area (Å²) < 4.78 is 0. The molecule has 0 fully saturated rings.